The van der Waals surface area contributed by atoms with Crippen LogP contribution in [0.2, 0.25) is 5.02 Å². The summed E-state index contributed by atoms with van der Waals surface area (Å²) in [5.41, 5.74) is 7.00. The predicted octanol–water partition coefficient (Wildman–Crippen LogP) is 3.14. The average Bonchev–Trinajstić information content (AvgIpc) is 2.65. The van der Waals surface area contributed by atoms with Crippen molar-refractivity contribution in [3.63, 3.8) is 0 Å². The molecule has 0 saturated carbocycles. The van der Waals surface area contributed by atoms with Crippen LogP contribution in [0.5, 0.6) is 5.75 Å². The van der Waals surface area contributed by atoms with E-state index in [4.69, 9.17) is 16.3 Å². The molecule has 1 atom stereocenters. The first kappa shape index (κ1) is 18.6. The third kappa shape index (κ3) is 4.93. The van der Waals surface area contributed by atoms with E-state index in [2.05, 4.69) is 10.9 Å². The number of carbonyl (C=O) groups excluding carboxylic acids is 2. The molecule has 2 aromatic carbocycles. The summed E-state index contributed by atoms with van der Waals surface area (Å²) in [6, 6.07) is 13.3. The first-order valence-electron chi connectivity index (χ1n) is 8.20. The minimum Gasteiger partial charge on any atom is -0.492 e. The van der Waals surface area contributed by atoms with Gasteiger partial charge in [0.2, 0.25) is 11.8 Å². The zero-order valence-electron chi connectivity index (χ0n) is 14.3. The normalized spacial score (nSPS) is 15.5. The zero-order chi connectivity index (χ0) is 18.5. The maximum absolute atomic E-state index is 12.3. The molecule has 0 spiro atoms. The number of aryl methyl sites for hydroxylation is 1. The molecule has 0 aliphatic carbocycles. The Morgan fingerprint density at radius 3 is 2.73 bits per heavy atom. The van der Waals surface area contributed by atoms with Crippen molar-refractivity contribution in [2.45, 2.75) is 18.2 Å². The van der Waals surface area contributed by atoms with Gasteiger partial charge in [-0.15, -0.1) is 11.8 Å². The van der Waals surface area contributed by atoms with Gasteiger partial charge in [0.25, 0.3) is 0 Å². The van der Waals surface area contributed by atoms with Crippen LogP contribution in [0.1, 0.15) is 11.1 Å². The number of benzene rings is 2. The number of halogens is 1. The molecular formula is C19H19ClN2O3S. The number of amides is 2. The lowest BCUT2D eigenvalue weighted by molar-refractivity contribution is -0.131. The molecule has 1 heterocycles. The van der Waals surface area contributed by atoms with Gasteiger partial charge in [0.15, 0.2) is 0 Å². The molecule has 0 bridgehead atoms. The molecule has 0 unspecified atom stereocenters. The highest BCUT2D eigenvalue weighted by Gasteiger charge is 2.26. The summed E-state index contributed by atoms with van der Waals surface area (Å²) in [4.78, 5) is 25.2. The Kier molecular flexibility index (Phi) is 6.06. The van der Waals surface area contributed by atoms with Crippen LogP contribution in [0.4, 0.5) is 0 Å². The first-order chi connectivity index (χ1) is 12.5. The highest BCUT2D eigenvalue weighted by Crippen LogP contribution is 2.29. The topological polar surface area (TPSA) is 67.4 Å². The van der Waals surface area contributed by atoms with Gasteiger partial charge in [0, 0.05) is 9.92 Å². The second-order valence-electron chi connectivity index (χ2n) is 6.10. The second-order valence-corrected chi connectivity index (χ2v) is 7.59. The maximum atomic E-state index is 12.3. The van der Waals surface area contributed by atoms with Crippen molar-refractivity contribution in [1.29, 1.82) is 0 Å². The van der Waals surface area contributed by atoms with E-state index in [9.17, 15) is 9.59 Å². The Balaban J connectivity index is 1.45. The quantitative estimate of drug-likeness (QED) is 0.621. The molecule has 0 radical (unpaired) electrons. The molecule has 136 valence electrons. The van der Waals surface area contributed by atoms with Gasteiger partial charge >= 0.3 is 0 Å². The monoisotopic (exact) mass is 390 g/mol. The Morgan fingerprint density at radius 2 is 1.96 bits per heavy atom. The van der Waals surface area contributed by atoms with Gasteiger partial charge < -0.3 is 4.74 Å². The highest BCUT2D eigenvalue weighted by molar-refractivity contribution is 8.00. The highest BCUT2D eigenvalue weighted by atomic mass is 35.5. The van der Waals surface area contributed by atoms with E-state index in [1.54, 1.807) is 18.2 Å². The molecule has 2 amide bonds. The summed E-state index contributed by atoms with van der Waals surface area (Å²) in [7, 11) is 0. The van der Waals surface area contributed by atoms with E-state index < -0.39 is 0 Å². The molecule has 0 fully saturated rings. The fraction of sp³-hybridized carbons (Fsp3) is 0.263. The number of nitrogens with one attached hydrogen (secondary N) is 2. The molecule has 7 heteroatoms. The Hall–Kier alpha value is -2.18. The SMILES string of the molecule is Cc1ccc(SCC(=O)NNC(=O)[C@@H]2COc3ccc(Cl)cc3C2)cc1. The Labute approximate surface area is 161 Å². The van der Waals surface area contributed by atoms with Crippen molar-refractivity contribution in [2.24, 2.45) is 5.92 Å². The molecule has 2 aromatic rings. The van der Waals surface area contributed by atoms with Crippen molar-refractivity contribution in [3.8, 4) is 5.75 Å². The number of fused-ring (bicyclic) bond motifs is 1. The van der Waals surface area contributed by atoms with Crippen molar-refractivity contribution >= 4 is 35.2 Å². The molecule has 1 aliphatic rings. The van der Waals surface area contributed by atoms with Crippen LogP contribution in [0, 0.1) is 12.8 Å². The van der Waals surface area contributed by atoms with E-state index in [1.807, 2.05) is 31.2 Å². The minimum absolute atomic E-state index is 0.225. The number of hydrogen-bond acceptors (Lipinski definition) is 4. The van der Waals surface area contributed by atoms with Crippen LogP contribution in [0.25, 0.3) is 0 Å². The first-order valence-corrected chi connectivity index (χ1v) is 9.57. The van der Waals surface area contributed by atoms with E-state index >= 15 is 0 Å². The summed E-state index contributed by atoms with van der Waals surface area (Å²) < 4.78 is 5.60. The van der Waals surface area contributed by atoms with Gasteiger partial charge in [-0.2, -0.15) is 0 Å². The molecule has 3 rings (SSSR count). The number of thioether (sulfide) groups is 1. The fourth-order valence-corrected chi connectivity index (χ4v) is 3.48. The van der Waals surface area contributed by atoms with Gasteiger partial charge in [-0.05, 0) is 49.2 Å². The lowest BCUT2D eigenvalue weighted by atomic mass is 9.96. The summed E-state index contributed by atoms with van der Waals surface area (Å²) >= 11 is 7.40. The molecular weight excluding hydrogens is 372 g/mol. The van der Waals surface area contributed by atoms with Crippen LogP contribution >= 0.6 is 23.4 Å². The Bertz CT molecular complexity index is 811. The van der Waals surface area contributed by atoms with Crippen LogP contribution < -0.4 is 15.6 Å². The van der Waals surface area contributed by atoms with Crippen molar-refractivity contribution in [1.82, 2.24) is 10.9 Å². The lowest BCUT2D eigenvalue weighted by Crippen LogP contribution is -2.47. The van der Waals surface area contributed by atoms with Gasteiger partial charge in [0.05, 0.1) is 11.7 Å². The third-order valence-corrected chi connectivity index (χ3v) is 5.26. The number of rotatable bonds is 4. The molecule has 5 nitrogen and oxygen atoms in total. The summed E-state index contributed by atoms with van der Waals surface area (Å²) in [5.74, 6) is 0.0690. The number of carbonyl (C=O) groups is 2. The van der Waals surface area contributed by atoms with Gasteiger partial charge in [-0.3, -0.25) is 20.4 Å². The largest absolute Gasteiger partial charge is 0.492 e. The van der Waals surface area contributed by atoms with Crippen LogP contribution in [-0.4, -0.2) is 24.2 Å². The number of ether oxygens (including phenoxy) is 1. The second kappa shape index (κ2) is 8.47. The van der Waals surface area contributed by atoms with E-state index in [0.29, 0.717) is 11.4 Å². The molecule has 26 heavy (non-hydrogen) atoms. The van der Waals surface area contributed by atoms with Crippen molar-refractivity contribution in [2.75, 3.05) is 12.4 Å². The van der Waals surface area contributed by atoms with Crippen molar-refractivity contribution < 1.29 is 14.3 Å². The third-order valence-electron chi connectivity index (χ3n) is 4.02. The van der Waals surface area contributed by atoms with Crippen LogP contribution in [-0.2, 0) is 16.0 Å². The summed E-state index contributed by atoms with van der Waals surface area (Å²) in [6.07, 6.45) is 0.524. The maximum Gasteiger partial charge on any atom is 0.248 e. The molecule has 2 N–H and O–H groups in total. The summed E-state index contributed by atoms with van der Waals surface area (Å²) in [6.45, 7) is 2.28. The lowest BCUT2D eigenvalue weighted by Gasteiger charge is -2.24. The van der Waals surface area contributed by atoms with Gasteiger partial charge in [-0.25, -0.2) is 0 Å². The smallest absolute Gasteiger partial charge is 0.248 e. The van der Waals surface area contributed by atoms with Crippen LogP contribution in [0.3, 0.4) is 0 Å². The van der Waals surface area contributed by atoms with E-state index in [1.165, 1.54) is 17.3 Å². The van der Waals surface area contributed by atoms with Crippen LogP contribution in [0.15, 0.2) is 47.4 Å². The Morgan fingerprint density at radius 1 is 1.19 bits per heavy atom. The standard InChI is InChI=1S/C19H19ClN2O3S/c1-12-2-5-16(6-3-12)26-11-18(23)21-22-19(24)14-8-13-9-15(20)4-7-17(13)25-10-14/h2-7,9,14H,8,10-11H2,1H3,(H,21,23)(H,22,24)/t14-/m0/s1. The van der Waals surface area contributed by atoms with Gasteiger partial charge in [-0.1, -0.05) is 29.3 Å². The predicted molar refractivity (Wildman–Crippen MR) is 102 cm³/mol. The number of hydrazine groups is 1. The summed E-state index contributed by atoms with van der Waals surface area (Å²) in [5, 5.41) is 0.606. The molecule has 0 aromatic heterocycles. The average molecular weight is 391 g/mol. The zero-order valence-corrected chi connectivity index (χ0v) is 15.8. The van der Waals surface area contributed by atoms with E-state index in [0.717, 1.165) is 16.2 Å². The molecule has 0 saturated heterocycles. The number of hydrogen-bond donors (Lipinski definition) is 2. The van der Waals surface area contributed by atoms with E-state index in [-0.39, 0.29) is 30.1 Å². The van der Waals surface area contributed by atoms with Gasteiger partial charge in [0.1, 0.15) is 12.4 Å². The minimum atomic E-state index is -0.369. The molecule has 1 aliphatic heterocycles. The van der Waals surface area contributed by atoms with Crippen molar-refractivity contribution in [3.05, 3.63) is 58.6 Å². The fourth-order valence-electron chi connectivity index (χ4n) is 2.58.